The maximum absolute atomic E-state index is 12.8. The molecule has 1 atom stereocenters. The van der Waals surface area contributed by atoms with Gasteiger partial charge in [0.25, 0.3) is 0 Å². The van der Waals surface area contributed by atoms with E-state index in [4.69, 9.17) is 4.74 Å². The van der Waals surface area contributed by atoms with E-state index >= 15 is 0 Å². The van der Waals surface area contributed by atoms with Gasteiger partial charge in [-0.15, -0.1) is 0 Å². The van der Waals surface area contributed by atoms with Gasteiger partial charge in [0.15, 0.2) is 0 Å². The fourth-order valence-electron chi connectivity index (χ4n) is 4.29. The Labute approximate surface area is 214 Å². The maximum Gasteiger partial charge on any atom is 0.305 e. The second-order valence-electron chi connectivity index (χ2n) is 9.30. The zero-order valence-corrected chi connectivity index (χ0v) is 21.8. The number of ether oxygens (including phenoxy) is 2. The van der Waals surface area contributed by atoms with Crippen molar-refractivity contribution in [1.29, 1.82) is 0 Å². The van der Waals surface area contributed by atoms with Crippen molar-refractivity contribution < 1.29 is 28.7 Å². The van der Waals surface area contributed by atoms with Crippen molar-refractivity contribution in [3.63, 3.8) is 0 Å². The Balaban J connectivity index is 1.59. The maximum atomic E-state index is 12.8. The van der Waals surface area contributed by atoms with Crippen LogP contribution in [-0.2, 0) is 23.9 Å². The first-order valence-corrected chi connectivity index (χ1v) is 12.9. The van der Waals surface area contributed by atoms with Crippen molar-refractivity contribution in [3.8, 4) is 5.75 Å². The van der Waals surface area contributed by atoms with Gasteiger partial charge in [-0.1, -0.05) is 25.7 Å². The predicted molar refractivity (Wildman–Crippen MR) is 137 cm³/mol. The highest BCUT2D eigenvalue weighted by Gasteiger charge is 2.29. The number of piperidine rings is 1. The average Bonchev–Trinajstić information content (AvgIpc) is 2.89. The smallest absolute Gasteiger partial charge is 0.305 e. The van der Waals surface area contributed by atoms with Gasteiger partial charge in [-0.3, -0.25) is 19.2 Å². The van der Waals surface area contributed by atoms with E-state index in [9.17, 15) is 19.2 Å². The van der Waals surface area contributed by atoms with Crippen molar-refractivity contribution in [2.75, 3.05) is 32.6 Å². The highest BCUT2D eigenvalue weighted by atomic mass is 16.5. The molecule has 1 saturated heterocycles. The summed E-state index contributed by atoms with van der Waals surface area (Å²) in [6.45, 7) is 2.70. The number of carbonyl (C=O) groups excluding carboxylic acids is 4. The zero-order valence-electron chi connectivity index (χ0n) is 21.8. The van der Waals surface area contributed by atoms with Gasteiger partial charge < -0.3 is 25.0 Å². The highest BCUT2D eigenvalue weighted by molar-refractivity contribution is 5.93. The fourth-order valence-corrected chi connectivity index (χ4v) is 4.29. The third kappa shape index (κ3) is 10.3. The Morgan fingerprint density at radius 3 is 2.08 bits per heavy atom. The quantitative estimate of drug-likeness (QED) is 0.296. The fraction of sp³-hybridized carbons (Fsp3) is 0.630. The molecule has 0 aliphatic carbocycles. The Morgan fingerprint density at radius 2 is 1.50 bits per heavy atom. The van der Waals surface area contributed by atoms with Gasteiger partial charge in [-0.25, -0.2) is 0 Å². The lowest BCUT2D eigenvalue weighted by Crippen LogP contribution is -2.50. The summed E-state index contributed by atoms with van der Waals surface area (Å²) < 4.78 is 9.75. The normalized spacial score (nSPS) is 14.6. The van der Waals surface area contributed by atoms with Crippen LogP contribution in [-0.4, -0.2) is 61.9 Å². The number of anilines is 1. The molecule has 2 N–H and O–H groups in total. The topological polar surface area (TPSA) is 114 Å². The van der Waals surface area contributed by atoms with E-state index in [2.05, 4.69) is 15.4 Å². The van der Waals surface area contributed by atoms with E-state index in [-0.39, 0.29) is 29.6 Å². The number of hydrogen-bond donors (Lipinski definition) is 2. The first kappa shape index (κ1) is 29.1. The second-order valence-corrected chi connectivity index (χ2v) is 9.30. The third-order valence-corrected chi connectivity index (χ3v) is 6.55. The monoisotopic (exact) mass is 503 g/mol. The van der Waals surface area contributed by atoms with Crippen molar-refractivity contribution >= 4 is 29.4 Å². The summed E-state index contributed by atoms with van der Waals surface area (Å²) in [5, 5.41) is 5.74. The SMILES string of the molecule is COC(=O)CCCCCCCCC(=O)N[C@@H](C)C(=O)N1CCC(C(=O)Nc2ccc(OC)cc2)CC1. The van der Waals surface area contributed by atoms with E-state index in [1.165, 1.54) is 7.11 Å². The van der Waals surface area contributed by atoms with Crippen LogP contribution in [0.3, 0.4) is 0 Å². The van der Waals surface area contributed by atoms with Gasteiger partial charge in [0.1, 0.15) is 11.8 Å². The van der Waals surface area contributed by atoms with Crippen LogP contribution in [0, 0.1) is 5.92 Å². The van der Waals surface area contributed by atoms with Crippen LogP contribution in [0.4, 0.5) is 5.69 Å². The lowest BCUT2D eigenvalue weighted by molar-refractivity contribution is -0.140. The number of esters is 1. The molecule has 1 aliphatic heterocycles. The number of hydrogen-bond acceptors (Lipinski definition) is 6. The molecule has 1 fully saturated rings. The number of amides is 3. The zero-order chi connectivity index (χ0) is 26.3. The van der Waals surface area contributed by atoms with Crippen LogP contribution >= 0.6 is 0 Å². The van der Waals surface area contributed by atoms with E-state index in [1.807, 2.05) is 0 Å². The first-order valence-electron chi connectivity index (χ1n) is 12.9. The Hall–Kier alpha value is -3.10. The van der Waals surface area contributed by atoms with E-state index in [1.54, 1.807) is 43.2 Å². The molecule has 0 unspecified atom stereocenters. The van der Waals surface area contributed by atoms with Crippen molar-refractivity contribution in [2.24, 2.45) is 5.92 Å². The van der Waals surface area contributed by atoms with Crippen LogP contribution in [0.15, 0.2) is 24.3 Å². The van der Waals surface area contributed by atoms with E-state index < -0.39 is 6.04 Å². The Morgan fingerprint density at radius 1 is 0.917 bits per heavy atom. The Bertz CT molecular complexity index is 850. The van der Waals surface area contributed by atoms with Crippen molar-refractivity contribution in [2.45, 2.75) is 77.2 Å². The molecule has 0 radical (unpaired) electrons. The summed E-state index contributed by atoms with van der Waals surface area (Å²) in [5.74, 6) is 0.136. The van der Waals surface area contributed by atoms with E-state index in [0.717, 1.165) is 44.3 Å². The molecule has 0 saturated carbocycles. The minimum absolute atomic E-state index is 0.0444. The molecule has 0 bridgehead atoms. The molecule has 36 heavy (non-hydrogen) atoms. The predicted octanol–water partition coefficient (Wildman–Crippen LogP) is 3.67. The summed E-state index contributed by atoms with van der Waals surface area (Å²) in [6.07, 6.45) is 7.61. The molecule has 1 aromatic rings. The number of nitrogens with zero attached hydrogens (tertiary/aromatic N) is 1. The van der Waals surface area contributed by atoms with Crippen LogP contribution < -0.4 is 15.4 Å². The molecule has 3 amide bonds. The molecule has 0 spiro atoms. The van der Waals surface area contributed by atoms with Crippen LogP contribution in [0.5, 0.6) is 5.75 Å². The summed E-state index contributed by atoms with van der Waals surface area (Å²) in [5.41, 5.74) is 0.717. The first-order chi connectivity index (χ1) is 17.3. The molecule has 2 rings (SSSR count). The van der Waals surface area contributed by atoms with Gasteiger partial charge in [-0.05, 0) is 56.9 Å². The lowest BCUT2D eigenvalue weighted by atomic mass is 9.95. The molecule has 1 aromatic carbocycles. The summed E-state index contributed by atoms with van der Waals surface area (Å²) in [7, 11) is 2.99. The lowest BCUT2D eigenvalue weighted by Gasteiger charge is -2.33. The highest BCUT2D eigenvalue weighted by Crippen LogP contribution is 2.21. The van der Waals surface area contributed by atoms with Crippen molar-refractivity contribution in [3.05, 3.63) is 24.3 Å². The van der Waals surface area contributed by atoms with Gasteiger partial charge in [0, 0.05) is 37.5 Å². The summed E-state index contributed by atoms with van der Waals surface area (Å²) in [6, 6.07) is 6.60. The minimum atomic E-state index is -0.583. The van der Waals surface area contributed by atoms with Gasteiger partial charge in [-0.2, -0.15) is 0 Å². The molecule has 9 heteroatoms. The molecule has 1 heterocycles. The number of likely N-dealkylation sites (tertiary alicyclic amines) is 1. The molecule has 9 nitrogen and oxygen atoms in total. The van der Waals surface area contributed by atoms with Gasteiger partial charge >= 0.3 is 5.97 Å². The molecular weight excluding hydrogens is 462 g/mol. The molecule has 1 aliphatic rings. The van der Waals surface area contributed by atoms with E-state index in [0.29, 0.717) is 44.5 Å². The largest absolute Gasteiger partial charge is 0.497 e. The van der Waals surface area contributed by atoms with Crippen LogP contribution in [0.2, 0.25) is 0 Å². The number of carbonyl (C=O) groups is 4. The number of unbranched alkanes of at least 4 members (excludes halogenated alkanes) is 5. The standard InChI is InChI=1S/C27H41N3O6/c1-20(28-24(31)10-8-6-4-5-7-9-11-25(32)36-3)27(34)30-18-16-21(17-19-30)26(33)29-22-12-14-23(35-2)15-13-22/h12-15,20-21H,4-11,16-19H2,1-3H3,(H,28,31)(H,29,33)/t20-/m0/s1. The van der Waals surface area contributed by atoms with Gasteiger partial charge in [0.05, 0.1) is 14.2 Å². The summed E-state index contributed by atoms with van der Waals surface area (Å²) >= 11 is 0. The average molecular weight is 504 g/mol. The number of rotatable bonds is 14. The summed E-state index contributed by atoms with van der Waals surface area (Å²) in [4.78, 5) is 50.4. The van der Waals surface area contributed by atoms with Crippen LogP contribution in [0.25, 0.3) is 0 Å². The second kappa shape index (κ2) is 15.8. The third-order valence-electron chi connectivity index (χ3n) is 6.55. The number of methoxy groups -OCH3 is 2. The Kier molecular flexibility index (Phi) is 12.8. The molecule has 200 valence electrons. The van der Waals surface area contributed by atoms with Crippen LogP contribution in [0.1, 0.15) is 71.1 Å². The molecule has 0 aromatic heterocycles. The minimum Gasteiger partial charge on any atom is -0.497 e. The number of benzene rings is 1. The van der Waals surface area contributed by atoms with Crippen molar-refractivity contribution in [1.82, 2.24) is 10.2 Å². The molecular formula is C27H41N3O6. The number of nitrogens with one attached hydrogen (secondary N) is 2. The van der Waals surface area contributed by atoms with Gasteiger partial charge in [0.2, 0.25) is 17.7 Å².